The Labute approximate surface area is 178 Å². The van der Waals surface area contributed by atoms with E-state index in [2.05, 4.69) is 35.6 Å². The molecule has 1 aliphatic carbocycles. The lowest BCUT2D eigenvalue weighted by Crippen LogP contribution is -2.59. The molecule has 0 aromatic heterocycles. The van der Waals surface area contributed by atoms with Crippen LogP contribution in [0.25, 0.3) is 0 Å². The second-order valence-electron chi connectivity index (χ2n) is 9.21. The number of likely N-dealkylation sites (tertiary alicyclic amines) is 2. The number of urea groups is 1. The first-order valence-corrected chi connectivity index (χ1v) is 11.2. The summed E-state index contributed by atoms with van der Waals surface area (Å²) in [6.45, 7) is 3.91. The van der Waals surface area contributed by atoms with Crippen molar-refractivity contribution in [3.05, 3.63) is 71.8 Å². The molecule has 0 radical (unpaired) electrons. The van der Waals surface area contributed by atoms with Crippen molar-refractivity contribution >= 4 is 6.03 Å². The van der Waals surface area contributed by atoms with Gasteiger partial charge >= 0.3 is 6.03 Å². The number of amides is 2. The summed E-state index contributed by atoms with van der Waals surface area (Å²) in [7, 11) is 0. The fourth-order valence-electron chi connectivity index (χ4n) is 4.97. The first-order valence-electron chi connectivity index (χ1n) is 11.2. The van der Waals surface area contributed by atoms with Gasteiger partial charge < -0.3 is 20.2 Å². The first-order chi connectivity index (χ1) is 14.6. The number of carbonyl (C=O) groups excluding carboxylic acids is 1. The van der Waals surface area contributed by atoms with E-state index in [0.717, 1.165) is 25.2 Å². The molecule has 30 heavy (non-hydrogen) atoms. The summed E-state index contributed by atoms with van der Waals surface area (Å²) in [5.41, 5.74) is 1.58. The van der Waals surface area contributed by atoms with E-state index in [0.29, 0.717) is 43.8 Å². The van der Waals surface area contributed by atoms with Gasteiger partial charge in [-0.3, -0.25) is 0 Å². The Morgan fingerprint density at radius 1 is 0.967 bits per heavy atom. The van der Waals surface area contributed by atoms with E-state index in [1.54, 1.807) is 0 Å². The van der Waals surface area contributed by atoms with Crippen molar-refractivity contribution in [3.63, 3.8) is 0 Å². The van der Waals surface area contributed by atoms with Gasteiger partial charge in [0.2, 0.25) is 0 Å². The average Bonchev–Trinajstić information content (AvgIpc) is 3.54. The maximum Gasteiger partial charge on any atom is 0.320 e. The minimum Gasteiger partial charge on any atom is -0.385 e. The molecule has 2 aliphatic heterocycles. The third-order valence-corrected chi connectivity index (χ3v) is 7.09. The van der Waals surface area contributed by atoms with Gasteiger partial charge in [0.05, 0.1) is 5.60 Å². The largest absolute Gasteiger partial charge is 0.385 e. The number of carbonyl (C=O) groups is 1. The van der Waals surface area contributed by atoms with E-state index < -0.39 is 5.60 Å². The summed E-state index contributed by atoms with van der Waals surface area (Å²) in [6.07, 6.45) is 2.42. The highest BCUT2D eigenvalue weighted by atomic mass is 16.3. The number of rotatable bonds is 5. The van der Waals surface area contributed by atoms with Gasteiger partial charge in [0.15, 0.2) is 0 Å². The number of hydrogen-bond acceptors (Lipinski definition) is 3. The molecule has 0 spiro atoms. The van der Waals surface area contributed by atoms with E-state index >= 15 is 0 Å². The van der Waals surface area contributed by atoms with E-state index in [1.807, 2.05) is 40.1 Å². The lowest BCUT2D eigenvalue weighted by Gasteiger charge is -2.45. The SMILES string of the molecule is O=C(N1CCC(O)(c2ccccc2)CC1)N1CC(CNC2CC2c2ccccc2)C1. The molecule has 158 valence electrons. The van der Waals surface area contributed by atoms with Crippen molar-refractivity contribution in [1.82, 2.24) is 15.1 Å². The van der Waals surface area contributed by atoms with Gasteiger partial charge in [0, 0.05) is 50.6 Å². The van der Waals surface area contributed by atoms with Crippen LogP contribution in [0.1, 0.15) is 36.3 Å². The van der Waals surface area contributed by atoms with Crippen LogP contribution in [-0.2, 0) is 5.60 Å². The molecule has 2 saturated heterocycles. The zero-order chi connectivity index (χ0) is 20.6. The Morgan fingerprint density at radius 3 is 2.27 bits per heavy atom. The van der Waals surface area contributed by atoms with Crippen LogP contribution >= 0.6 is 0 Å². The number of aliphatic hydroxyl groups is 1. The second-order valence-corrected chi connectivity index (χ2v) is 9.21. The average molecular weight is 406 g/mol. The fourth-order valence-corrected chi connectivity index (χ4v) is 4.97. The zero-order valence-corrected chi connectivity index (χ0v) is 17.4. The molecular weight excluding hydrogens is 374 g/mol. The van der Waals surface area contributed by atoms with Crippen LogP contribution < -0.4 is 5.32 Å². The molecule has 5 nitrogen and oxygen atoms in total. The molecule has 2 aromatic rings. The quantitative estimate of drug-likeness (QED) is 0.803. The highest BCUT2D eigenvalue weighted by Gasteiger charge is 2.41. The molecule has 3 aliphatic rings. The minimum atomic E-state index is -0.807. The van der Waals surface area contributed by atoms with Crippen molar-refractivity contribution in [3.8, 4) is 0 Å². The molecule has 3 fully saturated rings. The van der Waals surface area contributed by atoms with E-state index in [-0.39, 0.29) is 6.03 Å². The van der Waals surface area contributed by atoms with Crippen LogP contribution in [0.3, 0.4) is 0 Å². The van der Waals surface area contributed by atoms with Crippen molar-refractivity contribution in [2.24, 2.45) is 5.92 Å². The molecule has 0 bridgehead atoms. The minimum absolute atomic E-state index is 0.134. The Kier molecular flexibility index (Phi) is 5.25. The van der Waals surface area contributed by atoms with Crippen LogP contribution in [0.15, 0.2) is 60.7 Å². The van der Waals surface area contributed by atoms with Gasteiger partial charge in [-0.05, 0) is 30.4 Å². The van der Waals surface area contributed by atoms with Crippen LogP contribution in [0.4, 0.5) is 4.79 Å². The Bertz CT molecular complexity index is 858. The zero-order valence-electron chi connectivity index (χ0n) is 17.4. The van der Waals surface area contributed by atoms with Crippen molar-refractivity contribution in [1.29, 1.82) is 0 Å². The van der Waals surface area contributed by atoms with Gasteiger partial charge in [-0.25, -0.2) is 4.79 Å². The highest BCUT2D eigenvalue weighted by molar-refractivity contribution is 5.75. The van der Waals surface area contributed by atoms with Crippen molar-refractivity contribution in [2.75, 3.05) is 32.7 Å². The number of benzene rings is 2. The maximum absolute atomic E-state index is 12.8. The molecular formula is C25H31N3O2. The maximum atomic E-state index is 12.8. The standard InChI is InChI=1S/C25H31N3O2/c29-24(27-13-11-25(30,12-14-27)21-9-5-2-6-10-21)28-17-19(18-28)16-26-23-15-22(23)20-7-3-1-4-8-20/h1-10,19,22-23,26,30H,11-18H2. The summed E-state index contributed by atoms with van der Waals surface area (Å²) < 4.78 is 0. The molecule has 5 rings (SSSR count). The Balaban J connectivity index is 1.03. The molecule has 2 amide bonds. The summed E-state index contributed by atoms with van der Waals surface area (Å²) in [5.74, 6) is 1.21. The van der Waals surface area contributed by atoms with E-state index in [9.17, 15) is 9.90 Å². The molecule has 2 atom stereocenters. The number of hydrogen-bond donors (Lipinski definition) is 2. The molecule has 2 heterocycles. The number of nitrogens with zero attached hydrogens (tertiary/aromatic N) is 2. The van der Waals surface area contributed by atoms with Gasteiger partial charge in [0.25, 0.3) is 0 Å². The normalized spacial score (nSPS) is 25.6. The number of piperidine rings is 1. The number of nitrogens with one attached hydrogen (secondary N) is 1. The predicted molar refractivity (Wildman–Crippen MR) is 117 cm³/mol. The Morgan fingerprint density at radius 2 is 1.60 bits per heavy atom. The lowest BCUT2D eigenvalue weighted by atomic mass is 9.84. The summed E-state index contributed by atoms with van der Waals surface area (Å²) >= 11 is 0. The third kappa shape index (κ3) is 3.96. The molecule has 1 saturated carbocycles. The lowest BCUT2D eigenvalue weighted by molar-refractivity contribution is -0.0233. The third-order valence-electron chi connectivity index (χ3n) is 7.09. The van der Waals surface area contributed by atoms with Crippen LogP contribution in [0.2, 0.25) is 0 Å². The fraction of sp³-hybridized carbons (Fsp3) is 0.480. The summed E-state index contributed by atoms with van der Waals surface area (Å²) in [4.78, 5) is 16.7. The van der Waals surface area contributed by atoms with Crippen LogP contribution in [-0.4, -0.2) is 59.7 Å². The highest BCUT2D eigenvalue weighted by Crippen LogP contribution is 2.40. The van der Waals surface area contributed by atoms with Gasteiger partial charge in [-0.1, -0.05) is 60.7 Å². The topological polar surface area (TPSA) is 55.8 Å². The van der Waals surface area contributed by atoms with Crippen molar-refractivity contribution < 1.29 is 9.90 Å². The molecule has 5 heteroatoms. The predicted octanol–water partition coefficient (Wildman–Crippen LogP) is 3.17. The van der Waals surface area contributed by atoms with Gasteiger partial charge in [-0.15, -0.1) is 0 Å². The molecule has 2 N–H and O–H groups in total. The van der Waals surface area contributed by atoms with E-state index in [1.165, 1.54) is 12.0 Å². The summed E-state index contributed by atoms with van der Waals surface area (Å²) in [6, 6.07) is 21.3. The van der Waals surface area contributed by atoms with Gasteiger partial charge in [0.1, 0.15) is 0 Å². The monoisotopic (exact) mass is 405 g/mol. The molecule has 2 aromatic carbocycles. The second kappa shape index (κ2) is 8.05. The van der Waals surface area contributed by atoms with Crippen LogP contribution in [0.5, 0.6) is 0 Å². The summed E-state index contributed by atoms with van der Waals surface area (Å²) in [5, 5.41) is 14.7. The van der Waals surface area contributed by atoms with E-state index in [4.69, 9.17) is 0 Å². The molecule has 2 unspecified atom stereocenters. The smallest absolute Gasteiger partial charge is 0.320 e. The first kappa shape index (κ1) is 19.6. The van der Waals surface area contributed by atoms with Crippen LogP contribution in [0, 0.1) is 5.92 Å². The van der Waals surface area contributed by atoms with Crippen molar-refractivity contribution in [2.45, 2.75) is 36.8 Å². The van der Waals surface area contributed by atoms with Gasteiger partial charge in [-0.2, -0.15) is 0 Å². The Hall–Kier alpha value is -2.37.